The summed E-state index contributed by atoms with van der Waals surface area (Å²) in [5, 5.41) is 3.59. The van der Waals surface area contributed by atoms with E-state index in [9.17, 15) is 9.59 Å². The van der Waals surface area contributed by atoms with Crippen LogP contribution in [0.4, 0.5) is 11.4 Å². The lowest BCUT2D eigenvalue weighted by atomic mass is 9.98. The van der Waals surface area contributed by atoms with Gasteiger partial charge in [0.1, 0.15) is 0 Å². The summed E-state index contributed by atoms with van der Waals surface area (Å²) in [5.41, 5.74) is 2.39. The van der Waals surface area contributed by atoms with E-state index in [4.69, 9.17) is 16.3 Å². The third kappa shape index (κ3) is 3.59. The Morgan fingerprint density at radius 2 is 1.78 bits per heavy atom. The number of pyridine rings is 1. The number of hydrogen-bond donors (Lipinski definition) is 1. The van der Waals surface area contributed by atoms with E-state index in [0.29, 0.717) is 36.0 Å². The third-order valence-corrected chi connectivity index (χ3v) is 4.90. The van der Waals surface area contributed by atoms with Crippen molar-refractivity contribution in [3.05, 3.63) is 73.8 Å². The van der Waals surface area contributed by atoms with E-state index in [-0.39, 0.29) is 0 Å². The van der Waals surface area contributed by atoms with Crippen molar-refractivity contribution in [2.45, 2.75) is 6.54 Å². The molecule has 0 bridgehead atoms. The molecular formula is C20H18ClN3O3. The Morgan fingerprint density at radius 1 is 1.04 bits per heavy atom. The number of benzene rings is 1. The van der Waals surface area contributed by atoms with Gasteiger partial charge < -0.3 is 15.0 Å². The second-order valence-corrected chi connectivity index (χ2v) is 6.81. The summed E-state index contributed by atoms with van der Waals surface area (Å²) in [6.45, 7) is 3.47. The first kappa shape index (κ1) is 17.7. The number of hydrogen-bond acceptors (Lipinski definition) is 6. The number of halogens is 1. The monoisotopic (exact) mass is 383 g/mol. The highest BCUT2D eigenvalue weighted by Gasteiger charge is 2.22. The molecule has 0 aliphatic carbocycles. The average Bonchev–Trinajstić information content (AvgIpc) is 2.72. The summed E-state index contributed by atoms with van der Waals surface area (Å²) in [7, 11) is 0. The molecule has 0 radical (unpaired) electrons. The maximum atomic E-state index is 12.1. The minimum atomic E-state index is -0.490. The van der Waals surface area contributed by atoms with Gasteiger partial charge in [0.25, 0.3) is 0 Å². The highest BCUT2D eigenvalue weighted by molar-refractivity contribution is 6.30. The fourth-order valence-corrected chi connectivity index (χ4v) is 3.30. The van der Waals surface area contributed by atoms with Gasteiger partial charge in [-0.1, -0.05) is 23.7 Å². The van der Waals surface area contributed by atoms with Crippen molar-refractivity contribution in [1.82, 2.24) is 4.98 Å². The summed E-state index contributed by atoms with van der Waals surface area (Å²) >= 11 is 5.83. The fraction of sp³-hybridized carbons (Fsp3) is 0.250. The van der Waals surface area contributed by atoms with E-state index in [1.54, 1.807) is 18.3 Å². The van der Waals surface area contributed by atoms with Crippen molar-refractivity contribution in [2.24, 2.45) is 0 Å². The second-order valence-electron chi connectivity index (χ2n) is 6.38. The summed E-state index contributed by atoms with van der Waals surface area (Å²) < 4.78 is 5.37. The lowest BCUT2D eigenvalue weighted by Gasteiger charge is -2.29. The molecule has 1 fully saturated rings. The van der Waals surface area contributed by atoms with Crippen LogP contribution < -0.4 is 21.1 Å². The predicted octanol–water partition coefficient (Wildman–Crippen LogP) is 2.45. The average molecular weight is 384 g/mol. The molecule has 3 aromatic rings. The molecule has 0 saturated carbocycles. The number of aromatic nitrogens is 1. The Kier molecular flexibility index (Phi) is 4.92. The maximum absolute atomic E-state index is 12.1. The Hall–Kier alpha value is -2.70. The van der Waals surface area contributed by atoms with Gasteiger partial charge in [-0.25, -0.2) is 0 Å². The van der Waals surface area contributed by atoms with Crippen LogP contribution in [0.5, 0.6) is 0 Å². The molecule has 4 rings (SSSR count). The molecule has 1 N–H and O–H groups in total. The molecule has 1 aromatic heterocycles. The highest BCUT2D eigenvalue weighted by atomic mass is 35.5. The van der Waals surface area contributed by atoms with Gasteiger partial charge in [0, 0.05) is 25.0 Å². The van der Waals surface area contributed by atoms with Gasteiger partial charge in [0.2, 0.25) is 10.9 Å². The van der Waals surface area contributed by atoms with E-state index in [1.807, 2.05) is 24.3 Å². The van der Waals surface area contributed by atoms with Crippen LogP contribution >= 0.6 is 11.6 Å². The standard InChI is InChI=1S/C20H18ClN3O3/c21-14-3-4-15(22-11-14)12-23-18-17(19(25)20(18)26)13-1-5-16(6-2-13)24-7-9-27-10-8-24/h1-6,11,23H,7-10,12H2. The highest BCUT2D eigenvalue weighted by Crippen LogP contribution is 2.27. The first-order valence-corrected chi connectivity index (χ1v) is 9.12. The smallest absolute Gasteiger partial charge is 0.250 e. The summed E-state index contributed by atoms with van der Waals surface area (Å²) in [5.74, 6) is 0. The number of rotatable bonds is 5. The first-order valence-electron chi connectivity index (χ1n) is 8.74. The Labute approximate surface area is 161 Å². The fourth-order valence-electron chi connectivity index (χ4n) is 3.19. The molecule has 2 heterocycles. The van der Waals surface area contributed by atoms with Crippen molar-refractivity contribution >= 4 is 23.0 Å². The van der Waals surface area contributed by atoms with E-state index in [0.717, 1.165) is 30.0 Å². The molecule has 1 aliphatic rings. The molecule has 0 amide bonds. The van der Waals surface area contributed by atoms with Crippen LogP contribution in [0.2, 0.25) is 5.02 Å². The minimum absolute atomic E-state index is 0.343. The number of anilines is 2. The zero-order valence-corrected chi connectivity index (χ0v) is 15.3. The van der Waals surface area contributed by atoms with Crippen molar-refractivity contribution < 1.29 is 4.74 Å². The van der Waals surface area contributed by atoms with Crippen LogP contribution in [0, 0.1) is 0 Å². The summed E-state index contributed by atoms with van der Waals surface area (Å²) in [6.07, 6.45) is 1.55. The molecule has 138 valence electrons. The van der Waals surface area contributed by atoms with E-state index < -0.39 is 10.9 Å². The van der Waals surface area contributed by atoms with Crippen molar-refractivity contribution in [1.29, 1.82) is 0 Å². The SMILES string of the molecule is O=c1c(NCc2ccc(Cl)cn2)c(-c2ccc(N3CCOCC3)cc2)c1=O. The molecule has 0 atom stereocenters. The van der Waals surface area contributed by atoms with E-state index in [2.05, 4.69) is 15.2 Å². The van der Waals surface area contributed by atoms with Crippen LogP contribution in [0.15, 0.2) is 52.2 Å². The first-order chi connectivity index (χ1) is 13.1. The van der Waals surface area contributed by atoms with Crippen LogP contribution in [0.1, 0.15) is 5.69 Å². The molecular weight excluding hydrogens is 366 g/mol. The number of morpholine rings is 1. The van der Waals surface area contributed by atoms with Gasteiger partial charge in [-0.05, 0) is 29.8 Å². The lowest BCUT2D eigenvalue weighted by molar-refractivity contribution is 0.122. The molecule has 7 heteroatoms. The van der Waals surface area contributed by atoms with Gasteiger partial charge in [-0.15, -0.1) is 0 Å². The van der Waals surface area contributed by atoms with Gasteiger partial charge >= 0.3 is 0 Å². The van der Waals surface area contributed by atoms with Crippen LogP contribution in [-0.4, -0.2) is 31.3 Å². The van der Waals surface area contributed by atoms with Gasteiger partial charge in [-0.2, -0.15) is 0 Å². The minimum Gasteiger partial charge on any atom is -0.378 e. The Morgan fingerprint density at radius 3 is 2.44 bits per heavy atom. The van der Waals surface area contributed by atoms with Crippen molar-refractivity contribution in [3.63, 3.8) is 0 Å². The van der Waals surface area contributed by atoms with Gasteiger partial charge in [0.15, 0.2) is 0 Å². The van der Waals surface area contributed by atoms with Gasteiger partial charge in [-0.3, -0.25) is 14.6 Å². The molecule has 6 nitrogen and oxygen atoms in total. The Bertz CT molecular complexity index is 1000. The molecule has 1 aliphatic heterocycles. The van der Waals surface area contributed by atoms with Crippen molar-refractivity contribution in [3.8, 4) is 11.1 Å². The molecule has 1 saturated heterocycles. The molecule has 0 spiro atoms. The largest absolute Gasteiger partial charge is 0.378 e. The molecule has 27 heavy (non-hydrogen) atoms. The maximum Gasteiger partial charge on any atom is 0.250 e. The van der Waals surface area contributed by atoms with Crippen molar-refractivity contribution in [2.75, 3.05) is 36.5 Å². The van der Waals surface area contributed by atoms with E-state index in [1.165, 1.54) is 0 Å². The zero-order valence-electron chi connectivity index (χ0n) is 14.6. The Balaban J connectivity index is 1.52. The quantitative estimate of drug-likeness (QED) is 0.682. The topological polar surface area (TPSA) is 71.5 Å². The predicted molar refractivity (Wildman–Crippen MR) is 106 cm³/mol. The molecule has 2 aromatic carbocycles. The zero-order chi connectivity index (χ0) is 18.8. The van der Waals surface area contributed by atoms with Gasteiger partial charge in [0.05, 0.1) is 41.7 Å². The normalized spacial score (nSPS) is 14.5. The summed E-state index contributed by atoms with van der Waals surface area (Å²) in [4.78, 5) is 30.5. The van der Waals surface area contributed by atoms with E-state index >= 15 is 0 Å². The second kappa shape index (κ2) is 7.50. The third-order valence-electron chi connectivity index (χ3n) is 4.68. The number of ether oxygens (including phenoxy) is 1. The van der Waals surface area contributed by atoms with Crippen LogP contribution in [0.25, 0.3) is 11.1 Å². The summed E-state index contributed by atoms with van der Waals surface area (Å²) in [6, 6.07) is 11.2. The number of nitrogens with zero attached hydrogens (tertiary/aromatic N) is 2. The molecule has 0 unspecified atom stereocenters. The van der Waals surface area contributed by atoms with Crippen LogP contribution in [-0.2, 0) is 11.3 Å². The number of nitrogens with one attached hydrogen (secondary N) is 1. The van der Waals surface area contributed by atoms with Crippen LogP contribution in [0.3, 0.4) is 0 Å². The lowest BCUT2D eigenvalue weighted by Crippen LogP contribution is -2.36.